The summed E-state index contributed by atoms with van der Waals surface area (Å²) in [5, 5.41) is 0. The summed E-state index contributed by atoms with van der Waals surface area (Å²) in [5.74, 6) is 0.0330. The van der Waals surface area contributed by atoms with Crippen molar-refractivity contribution in [2.45, 2.75) is 25.7 Å². The molecule has 0 aromatic rings. The second-order valence-electron chi connectivity index (χ2n) is 4.24. The van der Waals surface area contributed by atoms with Crippen LogP contribution in [-0.4, -0.2) is 24.5 Å². The summed E-state index contributed by atoms with van der Waals surface area (Å²) in [5.41, 5.74) is -0.724. The topological polar surface area (TPSA) is 71.4 Å². The molecule has 2 atom stereocenters. The van der Waals surface area contributed by atoms with E-state index in [0.717, 1.165) is 6.42 Å². The molecule has 2 bridgehead atoms. The van der Waals surface area contributed by atoms with Gasteiger partial charge in [-0.3, -0.25) is 9.35 Å². The molecule has 0 aromatic heterocycles. The molecule has 13 heavy (non-hydrogen) atoms. The average Bonchev–Trinajstić information content (AvgIpc) is 2.39. The third-order valence-electron chi connectivity index (χ3n) is 3.23. The van der Waals surface area contributed by atoms with E-state index in [1.165, 1.54) is 0 Å². The summed E-state index contributed by atoms with van der Waals surface area (Å²) in [6, 6.07) is 0. The van der Waals surface area contributed by atoms with Crippen LogP contribution < -0.4 is 0 Å². The first-order valence-electron chi connectivity index (χ1n) is 4.40. The summed E-state index contributed by atoms with van der Waals surface area (Å²) in [6.07, 6.45) is 2.73. The Kier molecular flexibility index (Phi) is 1.79. The molecule has 0 heterocycles. The molecular formula is C8H12O4S. The van der Waals surface area contributed by atoms with Crippen molar-refractivity contribution in [3.63, 3.8) is 0 Å². The van der Waals surface area contributed by atoms with Crippen molar-refractivity contribution in [1.82, 2.24) is 0 Å². The van der Waals surface area contributed by atoms with Gasteiger partial charge in [0.2, 0.25) is 0 Å². The Bertz CT molecular complexity index is 345. The minimum Gasteiger partial charge on any atom is -0.299 e. The number of fused-ring (bicyclic) bond motifs is 2. The van der Waals surface area contributed by atoms with E-state index in [4.69, 9.17) is 4.55 Å². The maximum atomic E-state index is 11.5. The van der Waals surface area contributed by atoms with Crippen LogP contribution >= 0.6 is 0 Å². The van der Waals surface area contributed by atoms with Gasteiger partial charge in [-0.25, -0.2) is 0 Å². The molecule has 0 amide bonds. The standard InChI is InChI=1S/C8H12O4S/c9-7-3-6-1-2-8(7,4-6)5-13(10,11)12/h6H,1-5H2,(H,10,11,12). The van der Waals surface area contributed by atoms with Gasteiger partial charge >= 0.3 is 0 Å². The first kappa shape index (κ1) is 9.15. The van der Waals surface area contributed by atoms with Crippen molar-refractivity contribution in [3.8, 4) is 0 Å². The Morgan fingerprint density at radius 1 is 1.54 bits per heavy atom. The summed E-state index contributed by atoms with van der Waals surface area (Å²) in [6.45, 7) is 0. The second-order valence-corrected chi connectivity index (χ2v) is 5.70. The van der Waals surface area contributed by atoms with Gasteiger partial charge in [-0.15, -0.1) is 0 Å². The molecule has 2 fully saturated rings. The van der Waals surface area contributed by atoms with Gasteiger partial charge in [0.25, 0.3) is 10.1 Å². The van der Waals surface area contributed by atoms with E-state index >= 15 is 0 Å². The zero-order chi connectivity index (χ0) is 9.69. The number of hydrogen-bond donors (Lipinski definition) is 1. The van der Waals surface area contributed by atoms with Crippen LogP contribution in [0.25, 0.3) is 0 Å². The normalized spacial score (nSPS) is 38.5. The van der Waals surface area contributed by atoms with Crippen LogP contribution in [0.4, 0.5) is 0 Å². The Labute approximate surface area is 77.1 Å². The minimum atomic E-state index is -4.01. The lowest BCUT2D eigenvalue weighted by Crippen LogP contribution is -2.33. The van der Waals surface area contributed by atoms with E-state index < -0.39 is 15.5 Å². The fraction of sp³-hybridized carbons (Fsp3) is 0.875. The zero-order valence-electron chi connectivity index (χ0n) is 7.19. The monoisotopic (exact) mass is 204 g/mol. The number of Topliss-reactive ketones (excluding diaryl/α,β-unsaturated/α-hetero) is 1. The smallest absolute Gasteiger partial charge is 0.265 e. The number of ketones is 1. The highest BCUT2D eigenvalue weighted by Crippen LogP contribution is 2.52. The number of carbonyl (C=O) groups is 1. The van der Waals surface area contributed by atoms with Gasteiger partial charge in [-0.05, 0) is 25.2 Å². The summed E-state index contributed by atoms with van der Waals surface area (Å²) < 4.78 is 30.2. The third-order valence-corrected chi connectivity index (χ3v) is 4.15. The van der Waals surface area contributed by atoms with E-state index in [0.29, 0.717) is 25.2 Å². The maximum absolute atomic E-state index is 11.5. The van der Waals surface area contributed by atoms with Crippen molar-refractivity contribution in [2.24, 2.45) is 11.3 Å². The Morgan fingerprint density at radius 2 is 2.23 bits per heavy atom. The van der Waals surface area contributed by atoms with E-state index in [9.17, 15) is 13.2 Å². The van der Waals surface area contributed by atoms with Gasteiger partial charge in [0.15, 0.2) is 0 Å². The molecule has 2 saturated carbocycles. The first-order chi connectivity index (χ1) is 5.91. The molecule has 2 unspecified atom stereocenters. The van der Waals surface area contributed by atoms with Crippen molar-refractivity contribution in [3.05, 3.63) is 0 Å². The highest BCUT2D eigenvalue weighted by molar-refractivity contribution is 7.85. The molecule has 0 aliphatic heterocycles. The van der Waals surface area contributed by atoms with Crippen molar-refractivity contribution >= 4 is 15.9 Å². The molecule has 5 heteroatoms. The largest absolute Gasteiger partial charge is 0.299 e. The van der Waals surface area contributed by atoms with Gasteiger partial charge in [0.1, 0.15) is 5.78 Å². The molecule has 1 N–H and O–H groups in total. The van der Waals surface area contributed by atoms with Crippen molar-refractivity contribution < 1.29 is 17.8 Å². The fourth-order valence-electron chi connectivity index (χ4n) is 2.70. The van der Waals surface area contributed by atoms with Gasteiger partial charge in [0.05, 0.1) is 5.75 Å². The van der Waals surface area contributed by atoms with E-state index in [1.54, 1.807) is 0 Å². The van der Waals surface area contributed by atoms with Crippen LogP contribution in [0.5, 0.6) is 0 Å². The Balaban J connectivity index is 2.25. The highest BCUT2D eigenvalue weighted by atomic mass is 32.2. The third kappa shape index (κ3) is 1.50. The van der Waals surface area contributed by atoms with Crippen LogP contribution in [0.1, 0.15) is 25.7 Å². The molecule has 2 aliphatic rings. The van der Waals surface area contributed by atoms with Crippen molar-refractivity contribution in [2.75, 3.05) is 5.75 Å². The predicted molar refractivity (Wildman–Crippen MR) is 45.8 cm³/mol. The number of rotatable bonds is 2. The van der Waals surface area contributed by atoms with Gasteiger partial charge < -0.3 is 0 Å². The Hall–Kier alpha value is -0.420. The fourth-order valence-corrected chi connectivity index (χ4v) is 3.83. The molecule has 0 spiro atoms. The molecule has 0 saturated heterocycles. The first-order valence-corrected chi connectivity index (χ1v) is 6.01. The molecule has 0 aromatic carbocycles. The molecule has 2 rings (SSSR count). The maximum Gasteiger partial charge on any atom is 0.265 e. The highest BCUT2D eigenvalue weighted by Gasteiger charge is 2.53. The summed E-state index contributed by atoms with van der Waals surface area (Å²) >= 11 is 0. The lowest BCUT2D eigenvalue weighted by molar-refractivity contribution is -0.125. The van der Waals surface area contributed by atoms with Crippen LogP contribution in [-0.2, 0) is 14.9 Å². The molecule has 74 valence electrons. The molecule has 4 nitrogen and oxygen atoms in total. The summed E-state index contributed by atoms with van der Waals surface area (Å²) in [4.78, 5) is 11.5. The number of carbonyl (C=O) groups excluding carboxylic acids is 1. The van der Waals surface area contributed by atoms with Crippen LogP contribution in [0.15, 0.2) is 0 Å². The van der Waals surface area contributed by atoms with Gasteiger partial charge in [-0.2, -0.15) is 8.42 Å². The summed E-state index contributed by atoms with van der Waals surface area (Å²) in [7, 11) is -4.01. The molecule has 0 radical (unpaired) electrons. The number of hydrogen-bond acceptors (Lipinski definition) is 3. The van der Waals surface area contributed by atoms with E-state index in [2.05, 4.69) is 0 Å². The van der Waals surface area contributed by atoms with E-state index in [-0.39, 0.29) is 11.5 Å². The molecular weight excluding hydrogens is 192 g/mol. The van der Waals surface area contributed by atoms with E-state index in [1.807, 2.05) is 0 Å². The second kappa shape index (κ2) is 2.54. The van der Waals surface area contributed by atoms with Gasteiger partial charge in [0, 0.05) is 11.8 Å². The SMILES string of the molecule is O=C1CC2CCC1(CS(=O)(=O)O)C2. The van der Waals surface area contributed by atoms with Crippen molar-refractivity contribution in [1.29, 1.82) is 0 Å². The lowest BCUT2D eigenvalue weighted by atomic mass is 9.85. The predicted octanol–water partition coefficient (Wildman–Crippen LogP) is 0.633. The zero-order valence-corrected chi connectivity index (χ0v) is 8.01. The minimum absolute atomic E-state index is 0.0291. The lowest BCUT2D eigenvalue weighted by Gasteiger charge is -2.22. The van der Waals surface area contributed by atoms with Crippen LogP contribution in [0, 0.1) is 11.3 Å². The average molecular weight is 204 g/mol. The quantitative estimate of drug-likeness (QED) is 0.670. The van der Waals surface area contributed by atoms with Gasteiger partial charge in [-0.1, -0.05) is 0 Å². The van der Waals surface area contributed by atoms with Crippen LogP contribution in [0.3, 0.4) is 0 Å². The van der Waals surface area contributed by atoms with Crippen LogP contribution in [0.2, 0.25) is 0 Å². The Morgan fingerprint density at radius 3 is 2.62 bits per heavy atom. The molecule has 2 aliphatic carbocycles.